The predicted molar refractivity (Wildman–Crippen MR) is 140 cm³/mol. The van der Waals surface area contributed by atoms with E-state index >= 15 is 0 Å². The number of carbonyl (C=O) groups excluding carboxylic acids is 1. The molecule has 0 saturated carbocycles. The quantitative estimate of drug-likeness (QED) is 0.287. The van der Waals surface area contributed by atoms with E-state index < -0.39 is 35.4 Å². The highest BCUT2D eigenvalue weighted by Crippen LogP contribution is 2.30. The van der Waals surface area contributed by atoms with Crippen LogP contribution >= 0.6 is 0 Å². The number of ether oxygens (including phenoxy) is 1. The molecule has 12 heteroatoms. The summed E-state index contributed by atoms with van der Waals surface area (Å²) in [6.45, 7) is 5.39. The van der Waals surface area contributed by atoms with Gasteiger partial charge < -0.3 is 25.4 Å². The molecule has 3 rings (SSSR count). The van der Waals surface area contributed by atoms with Crippen LogP contribution in [0.2, 0.25) is 0 Å². The molecular formula is C27H36F3N5O4. The van der Waals surface area contributed by atoms with Crippen molar-refractivity contribution < 1.29 is 32.6 Å². The van der Waals surface area contributed by atoms with Gasteiger partial charge in [0, 0.05) is 38.1 Å². The number of halogens is 3. The Balaban J connectivity index is 1.54. The lowest BCUT2D eigenvalue weighted by Crippen LogP contribution is -2.44. The number of unbranched alkanes of at least 4 members (excludes halogenated alkanes) is 1. The van der Waals surface area contributed by atoms with Gasteiger partial charge in [-0.1, -0.05) is 6.07 Å². The second kappa shape index (κ2) is 14.8. The first-order valence-corrected chi connectivity index (χ1v) is 13.3. The Bertz CT molecular complexity index is 1100. The molecule has 3 heterocycles. The summed E-state index contributed by atoms with van der Waals surface area (Å²) in [5.41, 5.74) is 0.196. The Morgan fingerprint density at radius 3 is 2.77 bits per heavy atom. The van der Waals surface area contributed by atoms with Gasteiger partial charge in [0.25, 0.3) is 5.91 Å². The van der Waals surface area contributed by atoms with E-state index in [1.54, 1.807) is 0 Å². The molecule has 0 bridgehead atoms. The van der Waals surface area contributed by atoms with E-state index in [9.17, 15) is 27.9 Å². The molecule has 0 radical (unpaired) electrons. The Kier molecular flexibility index (Phi) is 11.5. The third-order valence-corrected chi connectivity index (χ3v) is 6.52. The monoisotopic (exact) mass is 551 g/mol. The zero-order valence-electron chi connectivity index (χ0n) is 22.1. The van der Waals surface area contributed by atoms with Gasteiger partial charge in [0.15, 0.2) is 5.69 Å². The molecule has 214 valence electrons. The van der Waals surface area contributed by atoms with E-state index in [1.165, 1.54) is 11.6 Å². The minimum atomic E-state index is -4.84. The molecule has 2 aromatic rings. The highest BCUT2D eigenvalue weighted by molar-refractivity contribution is 5.97. The molecule has 1 amide bonds. The topological polar surface area (TPSA) is 117 Å². The fourth-order valence-electron chi connectivity index (χ4n) is 4.44. The minimum absolute atomic E-state index is 0.0207. The summed E-state index contributed by atoms with van der Waals surface area (Å²) in [5.74, 6) is -1.49. The molecule has 0 spiro atoms. The SMILES string of the molecule is CCOCCN(CCCCc1ccc2c(n1)NCCC2)CC[C@H](NC(=O)c1cccnc1C(F)(F)F)C(=O)O. The zero-order chi connectivity index (χ0) is 28.3. The van der Waals surface area contributed by atoms with Crippen LogP contribution in [0, 0.1) is 0 Å². The lowest BCUT2D eigenvalue weighted by Gasteiger charge is -2.24. The number of hydrogen-bond donors (Lipinski definition) is 3. The summed E-state index contributed by atoms with van der Waals surface area (Å²) in [5, 5.41) is 15.2. The Labute approximate surface area is 226 Å². The molecule has 1 aliphatic rings. The van der Waals surface area contributed by atoms with Gasteiger partial charge in [0.05, 0.1) is 12.2 Å². The summed E-state index contributed by atoms with van der Waals surface area (Å²) in [6, 6.07) is 5.01. The largest absolute Gasteiger partial charge is 0.480 e. The van der Waals surface area contributed by atoms with Gasteiger partial charge in [-0.3, -0.25) is 9.78 Å². The molecular weight excluding hydrogens is 515 g/mol. The first-order valence-electron chi connectivity index (χ1n) is 13.3. The number of rotatable bonds is 15. The third-order valence-electron chi connectivity index (χ3n) is 6.52. The van der Waals surface area contributed by atoms with E-state index in [1.807, 2.05) is 11.8 Å². The molecule has 0 aliphatic carbocycles. The van der Waals surface area contributed by atoms with Crippen molar-refractivity contribution in [2.24, 2.45) is 0 Å². The number of aryl methyl sites for hydroxylation is 2. The average Bonchev–Trinajstić information content (AvgIpc) is 2.92. The van der Waals surface area contributed by atoms with Gasteiger partial charge in [-0.25, -0.2) is 9.78 Å². The van der Waals surface area contributed by atoms with Gasteiger partial charge in [-0.15, -0.1) is 0 Å². The van der Waals surface area contributed by atoms with E-state index in [4.69, 9.17) is 9.72 Å². The standard InChI is InChI=1S/C27H36F3N5O4/c1-2-39-18-17-35(15-4-3-8-20-11-10-19-7-5-14-32-24(19)33-20)16-12-22(26(37)38)34-25(36)21-9-6-13-31-23(21)27(28,29)30/h6,9-11,13,22H,2-5,7-8,12,14-18H2,1H3,(H,32,33)(H,34,36)(H,37,38)/t22-/m0/s1. The first kappa shape index (κ1) is 30.3. The molecule has 39 heavy (non-hydrogen) atoms. The number of anilines is 1. The van der Waals surface area contributed by atoms with Crippen LogP contribution in [-0.4, -0.2) is 77.3 Å². The number of aliphatic carboxylic acids is 1. The number of carboxylic acid groups (broad SMARTS) is 1. The van der Waals surface area contributed by atoms with Gasteiger partial charge in [-0.05, 0) is 75.8 Å². The molecule has 1 atom stereocenters. The zero-order valence-corrected chi connectivity index (χ0v) is 22.1. The second-order valence-electron chi connectivity index (χ2n) is 9.39. The van der Waals surface area contributed by atoms with Crippen LogP contribution in [0.15, 0.2) is 30.5 Å². The van der Waals surface area contributed by atoms with Crippen LogP contribution in [0.25, 0.3) is 0 Å². The smallest absolute Gasteiger partial charge is 0.434 e. The first-order chi connectivity index (χ1) is 18.7. The highest BCUT2D eigenvalue weighted by Gasteiger charge is 2.37. The van der Waals surface area contributed by atoms with Crippen molar-refractivity contribution in [1.82, 2.24) is 20.2 Å². The van der Waals surface area contributed by atoms with Crippen LogP contribution < -0.4 is 10.6 Å². The second-order valence-corrected chi connectivity index (χ2v) is 9.39. The fourth-order valence-corrected chi connectivity index (χ4v) is 4.44. The van der Waals surface area contributed by atoms with Crippen molar-refractivity contribution in [3.63, 3.8) is 0 Å². The summed E-state index contributed by atoms with van der Waals surface area (Å²) < 4.78 is 45.2. The van der Waals surface area contributed by atoms with Crippen LogP contribution in [-0.2, 0) is 28.5 Å². The van der Waals surface area contributed by atoms with Crippen molar-refractivity contribution in [1.29, 1.82) is 0 Å². The number of hydrogen-bond acceptors (Lipinski definition) is 7. The van der Waals surface area contributed by atoms with Crippen molar-refractivity contribution in [3.05, 3.63) is 53.0 Å². The Morgan fingerprint density at radius 2 is 2.03 bits per heavy atom. The van der Waals surface area contributed by atoms with Crippen molar-refractivity contribution in [2.75, 3.05) is 44.7 Å². The van der Waals surface area contributed by atoms with Gasteiger partial charge in [0.1, 0.15) is 11.9 Å². The van der Waals surface area contributed by atoms with Gasteiger partial charge in [0.2, 0.25) is 0 Å². The maximum absolute atomic E-state index is 13.3. The van der Waals surface area contributed by atoms with Crippen molar-refractivity contribution in [3.8, 4) is 0 Å². The van der Waals surface area contributed by atoms with E-state index in [0.29, 0.717) is 32.8 Å². The van der Waals surface area contributed by atoms with E-state index in [2.05, 4.69) is 27.8 Å². The normalized spacial score (nSPS) is 14.0. The van der Waals surface area contributed by atoms with Crippen LogP contribution in [0.1, 0.15) is 59.9 Å². The molecule has 0 aromatic carbocycles. The molecule has 1 aliphatic heterocycles. The number of aromatic nitrogens is 2. The molecule has 0 saturated heterocycles. The van der Waals surface area contributed by atoms with Crippen LogP contribution in [0.5, 0.6) is 0 Å². The fraction of sp³-hybridized carbons (Fsp3) is 0.556. The third kappa shape index (κ3) is 9.47. The summed E-state index contributed by atoms with van der Waals surface area (Å²) in [4.78, 5) is 34.4. The van der Waals surface area contributed by atoms with Crippen LogP contribution in [0.4, 0.5) is 19.0 Å². The number of fused-ring (bicyclic) bond motifs is 1. The number of amides is 1. The molecule has 0 unspecified atom stereocenters. The van der Waals surface area contributed by atoms with Crippen molar-refractivity contribution in [2.45, 2.75) is 57.7 Å². The Hall–Kier alpha value is -3.25. The Morgan fingerprint density at radius 1 is 1.21 bits per heavy atom. The predicted octanol–water partition coefficient (Wildman–Crippen LogP) is 3.79. The van der Waals surface area contributed by atoms with Crippen molar-refractivity contribution >= 4 is 17.7 Å². The number of alkyl halides is 3. The number of carboxylic acids is 1. The molecule has 3 N–H and O–H groups in total. The number of nitrogens with one attached hydrogen (secondary N) is 2. The van der Waals surface area contributed by atoms with Gasteiger partial charge >= 0.3 is 12.1 Å². The number of pyridine rings is 2. The molecule has 9 nitrogen and oxygen atoms in total. The van der Waals surface area contributed by atoms with E-state index in [0.717, 1.165) is 62.4 Å². The van der Waals surface area contributed by atoms with Crippen LogP contribution in [0.3, 0.4) is 0 Å². The van der Waals surface area contributed by atoms with Gasteiger partial charge in [-0.2, -0.15) is 13.2 Å². The highest BCUT2D eigenvalue weighted by atomic mass is 19.4. The summed E-state index contributed by atoms with van der Waals surface area (Å²) in [7, 11) is 0. The lowest BCUT2D eigenvalue weighted by atomic mass is 10.1. The maximum Gasteiger partial charge on any atom is 0.434 e. The molecule has 0 fully saturated rings. The summed E-state index contributed by atoms with van der Waals surface area (Å²) in [6.07, 6.45) is 0.798. The average molecular weight is 552 g/mol. The summed E-state index contributed by atoms with van der Waals surface area (Å²) >= 11 is 0. The minimum Gasteiger partial charge on any atom is -0.480 e. The lowest BCUT2D eigenvalue weighted by molar-refractivity contribution is -0.141. The maximum atomic E-state index is 13.3. The van der Waals surface area contributed by atoms with E-state index in [-0.39, 0.29) is 6.42 Å². The molecule has 2 aromatic heterocycles. The number of nitrogens with zero attached hydrogens (tertiary/aromatic N) is 3. The number of carbonyl (C=O) groups is 2.